The largest absolute Gasteiger partial charge is 0.480 e. The Morgan fingerprint density at radius 2 is 1.83 bits per heavy atom. The second-order valence-electron chi connectivity index (χ2n) is 5.99. The van der Waals surface area contributed by atoms with E-state index in [4.69, 9.17) is 21.4 Å². The van der Waals surface area contributed by atoms with Gasteiger partial charge >= 0.3 is 5.97 Å². The van der Waals surface area contributed by atoms with Gasteiger partial charge in [0.1, 0.15) is 6.61 Å². The fourth-order valence-corrected chi connectivity index (χ4v) is 4.04. The Bertz CT molecular complexity index is 639. The molecule has 134 valence electrons. The molecule has 0 aromatic heterocycles. The van der Waals surface area contributed by atoms with Gasteiger partial charge in [-0.3, -0.25) is 0 Å². The topological polar surface area (TPSA) is 92.7 Å². The van der Waals surface area contributed by atoms with E-state index in [0.29, 0.717) is 17.5 Å². The summed E-state index contributed by atoms with van der Waals surface area (Å²) < 4.78 is 32.2. The molecule has 2 rings (SSSR count). The first-order valence-corrected chi connectivity index (χ1v) is 9.81. The monoisotopic (exact) mass is 375 g/mol. The first kappa shape index (κ1) is 19.2. The van der Waals surface area contributed by atoms with Gasteiger partial charge in [0.15, 0.2) is 0 Å². The number of hydrogen-bond donors (Lipinski definition) is 2. The highest BCUT2D eigenvalue weighted by atomic mass is 35.5. The van der Waals surface area contributed by atoms with Crippen molar-refractivity contribution in [2.24, 2.45) is 5.92 Å². The molecule has 0 bridgehead atoms. The van der Waals surface area contributed by atoms with Crippen LogP contribution in [-0.2, 0) is 19.6 Å². The summed E-state index contributed by atoms with van der Waals surface area (Å²) in [4.78, 5) is 10.7. The van der Waals surface area contributed by atoms with Crippen LogP contribution in [0.25, 0.3) is 0 Å². The first-order chi connectivity index (χ1) is 11.4. The van der Waals surface area contributed by atoms with E-state index in [9.17, 15) is 13.2 Å². The number of rotatable bonds is 8. The Balaban J connectivity index is 1.71. The highest BCUT2D eigenvalue weighted by Crippen LogP contribution is 2.28. The van der Waals surface area contributed by atoms with E-state index in [1.54, 1.807) is 12.1 Å². The van der Waals surface area contributed by atoms with E-state index >= 15 is 0 Å². The summed E-state index contributed by atoms with van der Waals surface area (Å²) in [5, 5.41) is 9.10. The van der Waals surface area contributed by atoms with Crippen LogP contribution < -0.4 is 4.72 Å². The third-order valence-corrected chi connectivity index (χ3v) is 5.93. The van der Waals surface area contributed by atoms with Crippen molar-refractivity contribution >= 4 is 27.6 Å². The molecule has 0 radical (unpaired) electrons. The molecule has 0 amide bonds. The van der Waals surface area contributed by atoms with Gasteiger partial charge < -0.3 is 9.84 Å². The van der Waals surface area contributed by atoms with Gasteiger partial charge in [0.25, 0.3) is 0 Å². The predicted molar refractivity (Wildman–Crippen MR) is 90.6 cm³/mol. The standard InChI is InChI=1S/C16H22ClNO5S/c17-13-3-7-15(8-4-13)24(21,22)18-10-9-12-1-5-14(6-2-12)23-11-16(19)20/h3-4,7-8,12,14,18H,1-2,5-6,9-11H2,(H,19,20)/t12-,14+. The van der Waals surface area contributed by atoms with Crippen LogP contribution in [0.1, 0.15) is 32.1 Å². The molecule has 1 aliphatic carbocycles. The zero-order chi connectivity index (χ0) is 17.6. The summed E-state index contributed by atoms with van der Waals surface area (Å²) in [6, 6.07) is 6.06. The molecule has 1 saturated carbocycles. The van der Waals surface area contributed by atoms with Crippen molar-refractivity contribution in [2.75, 3.05) is 13.2 Å². The lowest BCUT2D eigenvalue weighted by Gasteiger charge is -2.28. The minimum atomic E-state index is -3.51. The van der Waals surface area contributed by atoms with Gasteiger partial charge in [0.2, 0.25) is 10.0 Å². The van der Waals surface area contributed by atoms with Crippen LogP contribution in [0.5, 0.6) is 0 Å². The minimum absolute atomic E-state index is 0.00288. The van der Waals surface area contributed by atoms with Crippen LogP contribution in [-0.4, -0.2) is 38.7 Å². The predicted octanol–water partition coefficient (Wildman–Crippen LogP) is 2.67. The molecular weight excluding hydrogens is 354 g/mol. The molecular formula is C16H22ClNO5S. The molecule has 0 spiro atoms. The maximum absolute atomic E-state index is 12.2. The van der Waals surface area contributed by atoms with Gasteiger partial charge in [0, 0.05) is 11.6 Å². The van der Waals surface area contributed by atoms with E-state index in [1.807, 2.05) is 0 Å². The molecule has 1 aromatic carbocycles. The van der Waals surface area contributed by atoms with Crippen molar-refractivity contribution in [3.63, 3.8) is 0 Å². The second kappa shape index (κ2) is 8.80. The van der Waals surface area contributed by atoms with Crippen molar-refractivity contribution in [1.29, 1.82) is 0 Å². The highest BCUT2D eigenvalue weighted by Gasteiger charge is 2.22. The molecule has 0 atom stereocenters. The number of hydrogen-bond acceptors (Lipinski definition) is 4. The lowest BCUT2D eigenvalue weighted by atomic mass is 9.85. The summed E-state index contributed by atoms with van der Waals surface area (Å²) in [6.45, 7) is 0.131. The van der Waals surface area contributed by atoms with E-state index in [0.717, 1.165) is 32.1 Å². The third kappa shape index (κ3) is 6.05. The Labute approximate surface area is 147 Å². The maximum Gasteiger partial charge on any atom is 0.329 e. The Morgan fingerprint density at radius 3 is 2.42 bits per heavy atom. The molecule has 8 heteroatoms. The fourth-order valence-electron chi connectivity index (χ4n) is 2.87. The summed E-state index contributed by atoms with van der Waals surface area (Å²) in [5.74, 6) is -0.517. The van der Waals surface area contributed by atoms with Gasteiger partial charge in [-0.2, -0.15) is 0 Å². The maximum atomic E-state index is 12.2. The molecule has 24 heavy (non-hydrogen) atoms. The molecule has 1 aliphatic rings. The molecule has 0 heterocycles. The number of ether oxygens (including phenoxy) is 1. The number of carboxylic acids is 1. The van der Waals surface area contributed by atoms with Crippen molar-refractivity contribution in [1.82, 2.24) is 4.72 Å². The quantitative estimate of drug-likeness (QED) is 0.728. The van der Waals surface area contributed by atoms with Crippen molar-refractivity contribution in [3.8, 4) is 0 Å². The molecule has 1 fully saturated rings. The van der Waals surface area contributed by atoms with E-state index in [-0.39, 0.29) is 17.6 Å². The number of sulfonamides is 1. The third-order valence-electron chi connectivity index (χ3n) is 4.20. The average Bonchev–Trinajstić information content (AvgIpc) is 2.54. The van der Waals surface area contributed by atoms with Gasteiger partial charge in [-0.25, -0.2) is 17.9 Å². The van der Waals surface area contributed by atoms with E-state index in [1.165, 1.54) is 12.1 Å². The Hall–Kier alpha value is -1.15. The van der Waals surface area contributed by atoms with Crippen LogP contribution in [0.2, 0.25) is 5.02 Å². The lowest BCUT2D eigenvalue weighted by Crippen LogP contribution is -2.29. The van der Waals surface area contributed by atoms with E-state index in [2.05, 4.69) is 4.72 Å². The number of aliphatic carboxylic acids is 1. The fraction of sp³-hybridized carbons (Fsp3) is 0.562. The van der Waals surface area contributed by atoms with Gasteiger partial charge in [-0.1, -0.05) is 11.6 Å². The van der Waals surface area contributed by atoms with Crippen LogP contribution in [0.3, 0.4) is 0 Å². The zero-order valence-electron chi connectivity index (χ0n) is 13.3. The Morgan fingerprint density at radius 1 is 1.21 bits per heavy atom. The first-order valence-electron chi connectivity index (χ1n) is 7.95. The molecule has 1 aromatic rings. The minimum Gasteiger partial charge on any atom is -0.480 e. The number of carboxylic acid groups (broad SMARTS) is 1. The van der Waals surface area contributed by atoms with E-state index < -0.39 is 16.0 Å². The van der Waals surface area contributed by atoms with Gasteiger partial charge in [-0.15, -0.1) is 0 Å². The second-order valence-corrected chi connectivity index (χ2v) is 8.19. The number of carbonyl (C=O) groups is 1. The lowest BCUT2D eigenvalue weighted by molar-refractivity contribution is -0.145. The molecule has 2 N–H and O–H groups in total. The van der Waals surface area contributed by atoms with Crippen molar-refractivity contribution in [2.45, 2.75) is 43.1 Å². The number of benzene rings is 1. The van der Waals surface area contributed by atoms with Gasteiger partial charge in [-0.05, 0) is 62.3 Å². The zero-order valence-corrected chi connectivity index (χ0v) is 14.9. The summed E-state index contributed by atoms with van der Waals surface area (Å²) in [7, 11) is -3.51. The molecule has 6 nitrogen and oxygen atoms in total. The SMILES string of the molecule is O=C(O)CO[C@H]1CC[C@@H](CCNS(=O)(=O)c2ccc(Cl)cc2)CC1. The van der Waals surface area contributed by atoms with Crippen LogP contribution >= 0.6 is 11.6 Å². The van der Waals surface area contributed by atoms with Gasteiger partial charge in [0.05, 0.1) is 11.0 Å². The normalized spacial score (nSPS) is 21.5. The Kier molecular flexibility index (Phi) is 7.03. The highest BCUT2D eigenvalue weighted by molar-refractivity contribution is 7.89. The average molecular weight is 376 g/mol. The summed E-state index contributed by atoms with van der Waals surface area (Å²) in [6.07, 6.45) is 4.26. The smallest absolute Gasteiger partial charge is 0.329 e. The summed E-state index contributed by atoms with van der Waals surface area (Å²) in [5.41, 5.74) is 0. The molecule has 0 unspecified atom stereocenters. The van der Waals surface area contributed by atoms with Crippen molar-refractivity contribution < 1.29 is 23.1 Å². The van der Waals surface area contributed by atoms with Crippen molar-refractivity contribution in [3.05, 3.63) is 29.3 Å². The number of nitrogens with one attached hydrogen (secondary N) is 1. The summed E-state index contributed by atoms with van der Waals surface area (Å²) >= 11 is 5.76. The molecule has 0 aliphatic heterocycles. The molecule has 0 saturated heterocycles. The van der Waals surface area contributed by atoms with Crippen LogP contribution in [0.4, 0.5) is 0 Å². The number of halogens is 1. The van der Waals surface area contributed by atoms with Crippen LogP contribution in [0.15, 0.2) is 29.2 Å². The van der Waals surface area contributed by atoms with Crippen LogP contribution in [0, 0.1) is 5.92 Å².